The van der Waals surface area contributed by atoms with Crippen LogP contribution < -0.4 is 0 Å². The SMILES string of the molecule is CN1CCc2c([nH]c3ccccc23)[C@@H]1C(C)(C)C. The highest BCUT2D eigenvalue weighted by atomic mass is 15.2. The minimum atomic E-state index is 0.255. The Kier molecular flexibility index (Phi) is 2.53. The van der Waals surface area contributed by atoms with E-state index in [0.29, 0.717) is 6.04 Å². The van der Waals surface area contributed by atoms with Crippen molar-refractivity contribution >= 4 is 10.9 Å². The van der Waals surface area contributed by atoms with Gasteiger partial charge in [-0.3, -0.25) is 4.90 Å². The first-order valence-electron chi connectivity index (χ1n) is 6.78. The van der Waals surface area contributed by atoms with Crippen molar-refractivity contribution in [2.24, 2.45) is 5.41 Å². The van der Waals surface area contributed by atoms with Crippen LogP contribution in [0.4, 0.5) is 0 Å². The molecule has 0 radical (unpaired) electrons. The van der Waals surface area contributed by atoms with Crippen molar-refractivity contribution in [2.75, 3.05) is 13.6 Å². The summed E-state index contributed by atoms with van der Waals surface area (Å²) in [5, 5.41) is 1.41. The standard InChI is InChI=1S/C16H22N2/c1-16(2,3)15-14-12(9-10-18(15)4)11-7-5-6-8-13(11)17-14/h5-8,15,17H,9-10H2,1-4H3/t15-/m1/s1. The summed E-state index contributed by atoms with van der Waals surface area (Å²) in [7, 11) is 2.24. The van der Waals surface area contributed by atoms with Gasteiger partial charge in [0, 0.05) is 23.1 Å². The Morgan fingerprint density at radius 2 is 1.94 bits per heavy atom. The van der Waals surface area contributed by atoms with Crippen molar-refractivity contribution in [3.63, 3.8) is 0 Å². The molecule has 0 saturated heterocycles. The third-order valence-electron chi connectivity index (χ3n) is 4.10. The molecule has 2 nitrogen and oxygen atoms in total. The fourth-order valence-electron chi connectivity index (χ4n) is 3.46. The highest BCUT2D eigenvalue weighted by Gasteiger charge is 2.36. The Balaban J connectivity index is 2.23. The van der Waals surface area contributed by atoms with E-state index in [9.17, 15) is 0 Å². The van der Waals surface area contributed by atoms with E-state index in [2.05, 4.69) is 62.0 Å². The number of para-hydroxylation sites is 1. The fourth-order valence-corrected chi connectivity index (χ4v) is 3.46. The first-order valence-corrected chi connectivity index (χ1v) is 6.78. The molecule has 1 aliphatic heterocycles. The molecule has 1 aromatic carbocycles. The van der Waals surface area contributed by atoms with Crippen molar-refractivity contribution in [1.29, 1.82) is 0 Å². The minimum absolute atomic E-state index is 0.255. The minimum Gasteiger partial charge on any atom is -0.357 e. The van der Waals surface area contributed by atoms with Crippen LogP contribution in [0.15, 0.2) is 24.3 Å². The molecule has 0 saturated carbocycles. The zero-order valence-corrected chi connectivity index (χ0v) is 11.7. The number of aromatic amines is 1. The van der Waals surface area contributed by atoms with E-state index in [-0.39, 0.29) is 5.41 Å². The van der Waals surface area contributed by atoms with Crippen LogP contribution in [0.2, 0.25) is 0 Å². The molecule has 1 atom stereocenters. The monoisotopic (exact) mass is 242 g/mol. The Morgan fingerprint density at radius 1 is 1.22 bits per heavy atom. The lowest BCUT2D eigenvalue weighted by Crippen LogP contribution is -2.39. The van der Waals surface area contributed by atoms with E-state index in [1.54, 1.807) is 0 Å². The fraction of sp³-hybridized carbons (Fsp3) is 0.500. The number of aromatic nitrogens is 1. The van der Waals surface area contributed by atoms with Crippen LogP contribution in [-0.2, 0) is 6.42 Å². The van der Waals surface area contributed by atoms with Gasteiger partial charge in [-0.1, -0.05) is 39.0 Å². The summed E-state index contributed by atoms with van der Waals surface area (Å²) in [5.41, 5.74) is 4.50. The predicted molar refractivity (Wildman–Crippen MR) is 76.8 cm³/mol. The normalized spacial score (nSPS) is 21.2. The van der Waals surface area contributed by atoms with Gasteiger partial charge in [0.2, 0.25) is 0 Å². The van der Waals surface area contributed by atoms with Gasteiger partial charge in [0.15, 0.2) is 0 Å². The van der Waals surface area contributed by atoms with Crippen LogP contribution in [0, 0.1) is 5.41 Å². The maximum absolute atomic E-state index is 3.66. The van der Waals surface area contributed by atoms with Gasteiger partial charge >= 0.3 is 0 Å². The van der Waals surface area contributed by atoms with E-state index >= 15 is 0 Å². The summed E-state index contributed by atoms with van der Waals surface area (Å²) in [6, 6.07) is 9.16. The highest BCUT2D eigenvalue weighted by Crippen LogP contribution is 2.43. The van der Waals surface area contributed by atoms with Crippen molar-refractivity contribution in [2.45, 2.75) is 33.2 Å². The zero-order chi connectivity index (χ0) is 12.9. The number of hydrogen-bond acceptors (Lipinski definition) is 1. The topological polar surface area (TPSA) is 19.0 Å². The number of fused-ring (bicyclic) bond motifs is 3. The predicted octanol–water partition coefficient (Wildman–Crippen LogP) is 3.74. The van der Waals surface area contributed by atoms with Gasteiger partial charge in [0.25, 0.3) is 0 Å². The van der Waals surface area contributed by atoms with E-state index in [1.807, 2.05) is 0 Å². The number of nitrogens with zero attached hydrogens (tertiary/aromatic N) is 1. The molecular weight excluding hydrogens is 220 g/mol. The van der Waals surface area contributed by atoms with Gasteiger partial charge in [-0.2, -0.15) is 0 Å². The van der Waals surface area contributed by atoms with E-state index < -0.39 is 0 Å². The first kappa shape index (κ1) is 11.8. The molecule has 0 bridgehead atoms. The summed E-state index contributed by atoms with van der Waals surface area (Å²) in [6.45, 7) is 8.13. The third kappa shape index (κ3) is 1.67. The molecule has 0 spiro atoms. The summed E-state index contributed by atoms with van der Waals surface area (Å²) in [6.07, 6.45) is 1.16. The van der Waals surface area contributed by atoms with Gasteiger partial charge in [0.1, 0.15) is 0 Å². The Labute approximate surface area is 109 Å². The van der Waals surface area contributed by atoms with Crippen LogP contribution in [0.1, 0.15) is 38.1 Å². The van der Waals surface area contributed by atoms with Gasteiger partial charge in [-0.15, -0.1) is 0 Å². The lowest BCUT2D eigenvalue weighted by molar-refractivity contribution is 0.113. The molecule has 2 aromatic rings. The van der Waals surface area contributed by atoms with Gasteiger partial charge < -0.3 is 4.98 Å². The second kappa shape index (κ2) is 3.86. The van der Waals surface area contributed by atoms with Crippen molar-refractivity contribution in [1.82, 2.24) is 9.88 Å². The number of nitrogens with one attached hydrogen (secondary N) is 1. The zero-order valence-electron chi connectivity index (χ0n) is 11.7. The number of benzene rings is 1. The summed E-state index contributed by atoms with van der Waals surface area (Å²) >= 11 is 0. The second-order valence-corrected chi connectivity index (χ2v) is 6.56. The van der Waals surface area contributed by atoms with Crippen LogP contribution in [0.25, 0.3) is 10.9 Å². The third-order valence-corrected chi connectivity index (χ3v) is 4.10. The Bertz CT molecular complexity index is 574. The lowest BCUT2D eigenvalue weighted by atomic mass is 9.80. The van der Waals surface area contributed by atoms with Crippen LogP contribution in [-0.4, -0.2) is 23.5 Å². The Morgan fingerprint density at radius 3 is 2.67 bits per heavy atom. The largest absolute Gasteiger partial charge is 0.357 e. The number of likely N-dealkylation sites (N-methyl/N-ethyl adjacent to an activating group) is 1. The van der Waals surface area contributed by atoms with Crippen LogP contribution >= 0.6 is 0 Å². The van der Waals surface area contributed by atoms with Gasteiger partial charge in [-0.05, 0) is 30.5 Å². The van der Waals surface area contributed by atoms with E-state index in [0.717, 1.165) is 13.0 Å². The highest BCUT2D eigenvalue weighted by molar-refractivity contribution is 5.85. The van der Waals surface area contributed by atoms with E-state index in [4.69, 9.17) is 0 Å². The lowest BCUT2D eigenvalue weighted by Gasteiger charge is -2.41. The molecule has 2 heterocycles. The maximum atomic E-state index is 3.66. The van der Waals surface area contributed by atoms with Gasteiger partial charge in [0.05, 0.1) is 6.04 Å². The van der Waals surface area contributed by atoms with Crippen LogP contribution in [0.3, 0.4) is 0 Å². The molecule has 1 aromatic heterocycles. The maximum Gasteiger partial charge on any atom is 0.0547 e. The molecule has 1 aliphatic rings. The first-order chi connectivity index (χ1) is 8.48. The molecule has 2 heteroatoms. The summed E-state index contributed by atoms with van der Waals surface area (Å²) in [5.74, 6) is 0. The Hall–Kier alpha value is -1.28. The number of hydrogen-bond donors (Lipinski definition) is 1. The summed E-state index contributed by atoms with van der Waals surface area (Å²) < 4.78 is 0. The molecule has 3 rings (SSSR count). The molecular formula is C16H22N2. The van der Waals surface area contributed by atoms with Crippen molar-refractivity contribution in [3.05, 3.63) is 35.5 Å². The van der Waals surface area contributed by atoms with E-state index in [1.165, 1.54) is 22.2 Å². The van der Waals surface area contributed by atoms with Crippen LogP contribution in [0.5, 0.6) is 0 Å². The second-order valence-electron chi connectivity index (χ2n) is 6.56. The molecule has 96 valence electrons. The molecule has 0 unspecified atom stereocenters. The quantitative estimate of drug-likeness (QED) is 0.745. The molecule has 0 aliphatic carbocycles. The van der Waals surface area contributed by atoms with Crippen molar-refractivity contribution in [3.8, 4) is 0 Å². The molecule has 1 N–H and O–H groups in total. The number of H-pyrrole nitrogens is 1. The summed E-state index contributed by atoms with van der Waals surface area (Å²) in [4.78, 5) is 6.15. The molecule has 18 heavy (non-hydrogen) atoms. The molecule has 0 amide bonds. The van der Waals surface area contributed by atoms with Gasteiger partial charge in [-0.25, -0.2) is 0 Å². The molecule has 0 fully saturated rings. The smallest absolute Gasteiger partial charge is 0.0547 e. The number of rotatable bonds is 0. The average molecular weight is 242 g/mol. The van der Waals surface area contributed by atoms with Crippen molar-refractivity contribution < 1.29 is 0 Å². The average Bonchev–Trinajstić information content (AvgIpc) is 2.64.